The summed E-state index contributed by atoms with van der Waals surface area (Å²) in [5.74, 6) is -0.514. The third kappa shape index (κ3) is 4.31. The molecule has 2 aromatic rings. The van der Waals surface area contributed by atoms with Crippen LogP contribution in [0.25, 0.3) is 6.08 Å². The summed E-state index contributed by atoms with van der Waals surface area (Å²) in [6.45, 7) is 2.42. The highest BCUT2D eigenvalue weighted by atomic mass is 35.5. The molecule has 1 heterocycles. The maximum absolute atomic E-state index is 10.6. The molecule has 0 bridgehead atoms. The molecule has 0 radical (unpaired) electrons. The van der Waals surface area contributed by atoms with Crippen molar-refractivity contribution in [3.63, 3.8) is 0 Å². The number of hydrogen-bond acceptors (Lipinski definition) is 4. The third-order valence-electron chi connectivity index (χ3n) is 2.82. The van der Waals surface area contributed by atoms with E-state index in [9.17, 15) is 4.79 Å². The number of benzene rings is 1. The van der Waals surface area contributed by atoms with Crippen LogP contribution < -0.4 is 4.74 Å². The SMILES string of the molecule is Cc1ncsc1CCOc1c(Cl)cccc1/C=C/C(=O)O. The zero-order valence-corrected chi connectivity index (χ0v) is 12.9. The van der Waals surface area contributed by atoms with Crippen LogP contribution in [0.4, 0.5) is 0 Å². The average Bonchev–Trinajstić information content (AvgIpc) is 2.84. The van der Waals surface area contributed by atoms with Gasteiger partial charge in [-0.05, 0) is 19.1 Å². The van der Waals surface area contributed by atoms with Gasteiger partial charge in [-0.3, -0.25) is 0 Å². The van der Waals surface area contributed by atoms with Gasteiger partial charge >= 0.3 is 5.97 Å². The Kier molecular flexibility index (Phi) is 5.36. The Balaban J connectivity index is 2.08. The molecule has 0 fully saturated rings. The van der Waals surface area contributed by atoms with E-state index in [1.807, 2.05) is 6.92 Å². The predicted molar refractivity (Wildman–Crippen MR) is 84.2 cm³/mol. The van der Waals surface area contributed by atoms with Gasteiger partial charge < -0.3 is 9.84 Å². The van der Waals surface area contributed by atoms with Crippen molar-refractivity contribution in [1.82, 2.24) is 4.98 Å². The number of aromatic nitrogens is 1. The minimum Gasteiger partial charge on any atom is -0.491 e. The van der Waals surface area contributed by atoms with Crippen LogP contribution in [-0.2, 0) is 11.2 Å². The average molecular weight is 324 g/mol. The molecule has 1 N–H and O–H groups in total. The number of halogens is 1. The molecule has 1 aromatic heterocycles. The molecule has 0 aliphatic heterocycles. The summed E-state index contributed by atoms with van der Waals surface area (Å²) < 4.78 is 5.73. The summed E-state index contributed by atoms with van der Waals surface area (Å²) in [7, 11) is 0. The van der Waals surface area contributed by atoms with E-state index >= 15 is 0 Å². The lowest BCUT2D eigenvalue weighted by molar-refractivity contribution is -0.131. The molecule has 1 aromatic carbocycles. The van der Waals surface area contributed by atoms with Crippen LogP contribution in [0.2, 0.25) is 5.02 Å². The van der Waals surface area contributed by atoms with Crippen molar-refractivity contribution in [1.29, 1.82) is 0 Å². The Labute approximate surface area is 131 Å². The van der Waals surface area contributed by atoms with E-state index in [2.05, 4.69) is 4.98 Å². The first-order chi connectivity index (χ1) is 10.1. The van der Waals surface area contributed by atoms with Gasteiger partial charge in [-0.2, -0.15) is 0 Å². The third-order valence-corrected chi connectivity index (χ3v) is 4.12. The van der Waals surface area contributed by atoms with Crippen LogP contribution in [0.3, 0.4) is 0 Å². The first-order valence-electron chi connectivity index (χ1n) is 6.29. The van der Waals surface area contributed by atoms with Gasteiger partial charge in [0.2, 0.25) is 0 Å². The predicted octanol–water partition coefficient (Wildman–Crippen LogP) is 3.82. The molecule has 0 saturated heterocycles. The highest BCUT2D eigenvalue weighted by Crippen LogP contribution is 2.30. The molecule has 0 spiro atoms. The molecule has 0 saturated carbocycles. The van der Waals surface area contributed by atoms with Crippen LogP contribution in [0.5, 0.6) is 5.75 Å². The van der Waals surface area contributed by atoms with E-state index in [0.717, 1.165) is 18.2 Å². The fourth-order valence-corrected chi connectivity index (χ4v) is 2.78. The molecule has 6 heteroatoms. The van der Waals surface area contributed by atoms with E-state index in [1.165, 1.54) is 11.0 Å². The molecule has 0 atom stereocenters. The first-order valence-corrected chi connectivity index (χ1v) is 7.55. The monoisotopic (exact) mass is 323 g/mol. The van der Waals surface area contributed by atoms with Crippen molar-refractivity contribution >= 4 is 35.0 Å². The van der Waals surface area contributed by atoms with Gasteiger partial charge in [-0.1, -0.05) is 23.7 Å². The van der Waals surface area contributed by atoms with Gasteiger partial charge in [0.25, 0.3) is 0 Å². The summed E-state index contributed by atoms with van der Waals surface area (Å²) in [4.78, 5) is 16.0. The Morgan fingerprint density at radius 2 is 2.33 bits per heavy atom. The Bertz CT molecular complexity index is 667. The summed E-state index contributed by atoms with van der Waals surface area (Å²) in [6.07, 6.45) is 3.27. The lowest BCUT2D eigenvalue weighted by atomic mass is 10.2. The molecule has 21 heavy (non-hydrogen) atoms. The number of thiazole rings is 1. The second kappa shape index (κ2) is 7.24. The van der Waals surface area contributed by atoms with Crippen LogP contribution in [0.1, 0.15) is 16.1 Å². The summed E-state index contributed by atoms with van der Waals surface area (Å²) in [5, 5.41) is 9.16. The fourth-order valence-electron chi connectivity index (χ4n) is 1.78. The molecule has 2 rings (SSSR count). The molecule has 0 aliphatic rings. The van der Waals surface area contributed by atoms with Gasteiger partial charge in [0.05, 0.1) is 22.8 Å². The number of carboxylic acids is 1. The van der Waals surface area contributed by atoms with Gasteiger partial charge in [-0.15, -0.1) is 11.3 Å². The summed E-state index contributed by atoms with van der Waals surface area (Å²) in [5.41, 5.74) is 3.46. The zero-order valence-electron chi connectivity index (χ0n) is 11.4. The summed E-state index contributed by atoms with van der Waals surface area (Å²) >= 11 is 7.71. The maximum Gasteiger partial charge on any atom is 0.328 e. The molecule has 110 valence electrons. The van der Waals surface area contributed by atoms with E-state index in [0.29, 0.717) is 22.9 Å². The number of rotatable bonds is 6. The zero-order chi connectivity index (χ0) is 15.2. The number of ether oxygens (including phenoxy) is 1. The molecule has 0 unspecified atom stereocenters. The van der Waals surface area contributed by atoms with E-state index in [-0.39, 0.29) is 0 Å². The Morgan fingerprint density at radius 1 is 1.52 bits per heavy atom. The maximum atomic E-state index is 10.6. The number of nitrogens with zero attached hydrogens (tertiary/aromatic N) is 1. The topological polar surface area (TPSA) is 59.4 Å². The lowest BCUT2D eigenvalue weighted by Crippen LogP contribution is -2.03. The number of carbonyl (C=O) groups is 1. The van der Waals surface area contributed by atoms with Crippen molar-refractivity contribution in [2.75, 3.05) is 6.61 Å². The molecular weight excluding hydrogens is 310 g/mol. The molecule has 4 nitrogen and oxygen atoms in total. The largest absolute Gasteiger partial charge is 0.491 e. The highest BCUT2D eigenvalue weighted by molar-refractivity contribution is 7.09. The normalized spacial score (nSPS) is 11.0. The first kappa shape index (κ1) is 15.5. The number of aryl methyl sites for hydroxylation is 1. The fraction of sp³-hybridized carbons (Fsp3) is 0.200. The van der Waals surface area contributed by atoms with Crippen molar-refractivity contribution in [2.45, 2.75) is 13.3 Å². The van der Waals surface area contributed by atoms with Gasteiger partial charge in [0.1, 0.15) is 5.75 Å². The van der Waals surface area contributed by atoms with Crippen LogP contribution in [0.15, 0.2) is 29.8 Å². The smallest absolute Gasteiger partial charge is 0.328 e. The van der Waals surface area contributed by atoms with Crippen LogP contribution in [0, 0.1) is 6.92 Å². The van der Waals surface area contributed by atoms with E-state index < -0.39 is 5.97 Å². The number of carboxylic acid groups (broad SMARTS) is 1. The molecule has 0 aliphatic carbocycles. The second-order valence-corrected chi connectivity index (χ2v) is 5.64. The summed E-state index contributed by atoms with van der Waals surface area (Å²) in [6, 6.07) is 5.23. The standard InChI is InChI=1S/C15H14ClNO3S/c1-10-13(21-9-17-10)7-8-20-15-11(5-6-14(18)19)3-2-4-12(15)16/h2-6,9H,7-8H2,1H3,(H,18,19)/b6-5+. The quantitative estimate of drug-likeness (QED) is 0.821. The van der Waals surface area contributed by atoms with E-state index in [1.54, 1.807) is 35.0 Å². The van der Waals surface area contributed by atoms with Gasteiger partial charge in [-0.25, -0.2) is 9.78 Å². The number of para-hydroxylation sites is 1. The van der Waals surface area contributed by atoms with Crippen molar-refractivity contribution in [3.05, 3.63) is 50.9 Å². The van der Waals surface area contributed by atoms with Crippen molar-refractivity contribution < 1.29 is 14.6 Å². The van der Waals surface area contributed by atoms with Gasteiger partial charge in [0.15, 0.2) is 0 Å². The Morgan fingerprint density at radius 3 is 3.00 bits per heavy atom. The molecular formula is C15H14ClNO3S. The number of aliphatic carboxylic acids is 1. The van der Waals surface area contributed by atoms with Crippen molar-refractivity contribution in [2.24, 2.45) is 0 Å². The van der Waals surface area contributed by atoms with Crippen molar-refractivity contribution in [3.8, 4) is 5.75 Å². The van der Waals surface area contributed by atoms with Crippen LogP contribution >= 0.6 is 22.9 Å². The molecule has 0 amide bonds. The number of hydrogen-bond donors (Lipinski definition) is 1. The second-order valence-electron chi connectivity index (χ2n) is 4.29. The minimum absolute atomic E-state index is 0.459. The van der Waals surface area contributed by atoms with E-state index in [4.69, 9.17) is 21.4 Å². The van der Waals surface area contributed by atoms with Gasteiger partial charge in [0, 0.05) is 22.9 Å². The Hall–Kier alpha value is -1.85. The lowest BCUT2D eigenvalue weighted by Gasteiger charge is -2.10. The minimum atomic E-state index is -1.01. The van der Waals surface area contributed by atoms with Crippen LogP contribution in [-0.4, -0.2) is 22.7 Å². The highest BCUT2D eigenvalue weighted by Gasteiger charge is 2.08.